The van der Waals surface area contributed by atoms with Crippen LogP contribution < -0.4 is 19.5 Å². The highest BCUT2D eigenvalue weighted by atomic mass is 16.5. The van der Waals surface area contributed by atoms with E-state index in [1.165, 1.54) is 0 Å². The van der Waals surface area contributed by atoms with E-state index in [-0.39, 0.29) is 6.10 Å². The molecule has 0 bridgehead atoms. The van der Waals surface area contributed by atoms with Gasteiger partial charge in [0.1, 0.15) is 11.9 Å². The highest BCUT2D eigenvalue weighted by Gasteiger charge is 2.18. The average Bonchev–Trinajstić information content (AvgIpc) is 2.25. The summed E-state index contributed by atoms with van der Waals surface area (Å²) in [5.41, 5.74) is 0. The molecule has 1 aliphatic heterocycles. The zero-order valence-electron chi connectivity index (χ0n) is 9.66. The van der Waals surface area contributed by atoms with Crippen LogP contribution in [0.15, 0.2) is 18.2 Å². The summed E-state index contributed by atoms with van der Waals surface area (Å²) in [6.45, 7) is 4.40. The number of rotatable bonds is 5. The highest BCUT2D eigenvalue weighted by molar-refractivity contribution is 5.45. The SMILES string of the molecule is CCOc1ccc(OC2CNC2)cc1OC. The van der Waals surface area contributed by atoms with Crippen LogP contribution >= 0.6 is 0 Å². The Morgan fingerprint density at radius 1 is 1.31 bits per heavy atom. The molecule has 0 amide bonds. The van der Waals surface area contributed by atoms with E-state index in [1.54, 1.807) is 7.11 Å². The topological polar surface area (TPSA) is 39.7 Å². The Kier molecular flexibility index (Phi) is 3.51. The summed E-state index contributed by atoms with van der Waals surface area (Å²) in [5.74, 6) is 2.29. The second-order valence-electron chi connectivity index (χ2n) is 3.64. The quantitative estimate of drug-likeness (QED) is 0.820. The molecule has 1 aliphatic rings. The summed E-state index contributed by atoms with van der Waals surface area (Å²) < 4.78 is 16.4. The third-order valence-corrected chi connectivity index (χ3v) is 2.48. The molecular formula is C12H17NO3. The van der Waals surface area contributed by atoms with E-state index in [9.17, 15) is 0 Å². The van der Waals surface area contributed by atoms with Gasteiger partial charge < -0.3 is 19.5 Å². The van der Waals surface area contributed by atoms with Gasteiger partial charge >= 0.3 is 0 Å². The van der Waals surface area contributed by atoms with Crippen LogP contribution in [0, 0.1) is 0 Å². The first-order chi connectivity index (χ1) is 7.83. The van der Waals surface area contributed by atoms with Gasteiger partial charge in [0.05, 0.1) is 13.7 Å². The zero-order chi connectivity index (χ0) is 11.4. The van der Waals surface area contributed by atoms with Gasteiger partial charge in [0.15, 0.2) is 11.5 Å². The van der Waals surface area contributed by atoms with E-state index in [1.807, 2.05) is 25.1 Å². The molecule has 0 aromatic heterocycles. The number of hydrogen-bond acceptors (Lipinski definition) is 4. The van der Waals surface area contributed by atoms with Crippen LogP contribution in [-0.4, -0.2) is 32.9 Å². The summed E-state index contributed by atoms with van der Waals surface area (Å²) in [6, 6.07) is 5.65. The lowest BCUT2D eigenvalue weighted by atomic mass is 10.2. The van der Waals surface area contributed by atoms with E-state index in [2.05, 4.69) is 5.32 Å². The summed E-state index contributed by atoms with van der Waals surface area (Å²) in [4.78, 5) is 0. The van der Waals surface area contributed by atoms with Crippen molar-refractivity contribution in [3.8, 4) is 17.2 Å². The van der Waals surface area contributed by atoms with E-state index >= 15 is 0 Å². The lowest BCUT2D eigenvalue weighted by molar-refractivity contribution is 0.141. The molecule has 1 saturated heterocycles. The minimum Gasteiger partial charge on any atom is -0.493 e. The van der Waals surface area contributed by atoms with Crippen LogP contribution in [0.1, 0.15) is 6.92 Å². The van der Waals surface area contributed by atoms with Crippen molar-refractivity contribution in [1.82, 2.24) is 5.32 Å². The van der Waals surface area contributed by atoms with Crippen LogP contribution in [0.25, 0.3) is 0 Å². The van der Waals surface area contributed by atoms with Crippen LogP contribution in [0.3, 0.4) is 0 Å². The van der Waals surface area contributed by atoms with Crippen molar-refractivity contribution in [3.05, 3.63) is 18.2 Å². The third kappa shape index (κ3) is 2.39. The first-order valence-electron chi connectivity index (χ1n) is 5.51. The Labute approximate surface area is 95.5 Å². The molecule has 0 aliphatic carbocycles. The van der Waals surface area contributed by atoms with E-state index in [4.69, 9.17) is 14.2 Å². The number of nitrogens with one attached hydrogen (secondary N) is 1. The van der Waals surface area contributed by atoms with Gasteiger partial charge in [0.25, 0.3) is 0 Å². The summed E-state index contributed by atoms with van der Waals surface area (Å²) in [6.07, 6.45) is 0.280. The molecule has 1 aromatic carbocycles. The van der Waals surface area contributed by atoms with Gasteiger partial charge in [-0.1, -0.05) is 0 Å². The Morgan fingerprint density at radius 3 is 2.69 bits per heavy atom. The fraction of sp³-hybridized carbons (Fsp3) is 0.500. The van der Waals surface area contributed by atoms with Gasteiger partial charge in [-0.3, -0.25) is 0 Å². The Morgan fingerprint density at radius 2 is 2.12 bits per heavy atom. The molecule has 1 aromatic rings. The van der Waals surface area contributed by atoms with Gasteiger partial charge in [0, 0.05) is 19.2 Å². The van der Waals surface area contributed by atoms with Crippen molar-refractivity contribution in [2.45, 2.75) is 13.0 Å². The fourth-order valence-corrected chi connectivity index (χ4v) is 1.53. The van der Waals surface area contributed by atoms with Crippen LogP contribution in [-0.2, 0) is 0 Å². The van der Waals surface area contributed by atoms with Crippen molar-refractivity contribution < 1.29 is 14.2 Å². The summed E-state index contributed by atoms with van der Waals surface area (Å²) in [7, 11) is 1.63. The number of benzene rings is 1. The Hall–Kier alpha value is -1.42. The molecule has 4 heteroatoms. The molecule has 4 nitrogen and oxygen atoms in total. The molecule has 16 heavy (non-hydrogen) atoms. The molecule has 88 valence electrons. The van der Waals surface area contributed by atoms with E-state index in [0.29, 0.717) is 12.4 Å². The normalized spacial score (nSPS) is 15.4. The zero-order valence-corrected chi connectivity index (χ0v) is 9.66. The number of methoxy groups -OCH3 is 1. The van der Waals surface area contributed by atoms with Crippen LogP contribution in [0.2, 0.25) is 0 Å². The predicted octanol–water partition coefficient (Wildman–Crippen LogP) is 1.44. The highest BCUT2D eigenvalue weighted by Crippen LogP contribution is 2.31. The minimum atomic E-state index is 0.280. The molecular weight excluding hydrogens is 206 g/mol. The molecule has 1 fully saturated rings. The average molecular weight is 223 g/mol. The fourth-order valence-electron chi connectivity index (χ4n) is 1.53. The lowest BCUT2D eigenvalue weighted by Gasteiger charge is -2.28. The first kappa shape index (κ1) is 11.1. The predicted molar refractivity (Wildman–Crippen MR) is 61.4 cm³/mol. The van der Waals surface area contributed by atoms with E-state index < -0.39 is 0 Å². The third-order valence-electron chi connectivity index (χ3n) is 2.48. The second-order valence-corrected chi connectivity index (χ2v) is 3.64. The Bertz CT molecular complexity index is 350. The summed E-state index contributed by atoms with van der Waals surface area (Å²) >= 11 is 0. The molecule has 0 radical (unpaired) electrons. The first-order valence-corrected chi connectivity index (χ1v) is 5.51. The van der Waals surface area contributed by atoms with Crippen LogP contribution in [0.4, 0.5) is 0 Å². The molecule has 0 spiro atoms. The van der Waals surface area contributed by atoms with Gasteiger partial charge in [-0.25, -0.2) is 0 Å². The standard InChI is InChI=1S/C12H17NO3/c1-3-15-11-5-4-9(6-12(11)14-2)16-10-7-13-8-10/h4-6,10,13H,3,7-8H2,1-2H3. The maximum Gasteiger partial charge on any atom is 0.164 e. The van der Waals surface area contributed by atoms with E-state index in [0.717, 1.165) is 24.6 Å². The molecule has 1 N–H and O–H groups in total. The molecule has 0 unspecified atom stereocenters. The van der Waals surface area contributed by atoms with Crippen molar-refractivity contribution in [2.75, 3.05) is 26.8 Å². The smallest absolute Gasteiger partial charge is 0.164 e. The minimum absolute atomic E-state index is 0.280. The number of ether oxygens (including phenoxy) is 3. The molecule has 0 atom stereocenters. The van der Waals surface area contributed by atoms with Gasteiger partial charge in [-0.15, -0.1) is 0 Å². The lowest BCUT2D eigenvalue weighted by Crippen LogP contribution is -2.50. The molecule has 2 rings (SSSR count). The van der Waals surface area contributed by atoms with Crippen molar-refractivity contribution in [2.24, 2.45) is 0 Å². The van der Waals surface area contributed by atoms with Crippen molar-refractivity contribution in [1.29, 1.82) is 0 Å². The van der Waals surface area contributed by atoms with Crippen molar-refractivity contribution in [3.63, 3.8) is 0 Å². The van der Waals surface area contributed by atoms with Gasteiger partial charge in [-0.2, -0.15) is 0 Å². The summed E-state index contributed by atoms with van der Waals surface area (Å²) in [5, 5.41) is 3.16. The monoisotopic (exact) mass is 223 g/mol. The Balaban J connectivity index is 2.08. The van der Waals surface area contributed by atoms with Crippen LogP contribution in [0.5, 0.6) is 17.2 Å². The largest absolute Gasteiger partial charge is 0.493 e. The molecule has 0 saturated carbocycles. The van der Waals surface area contributed by atoms with Gasteiger partial charge in [0.2, 0.25) is 0 Å². The second kappa shape index (κ2) is 5.07. The van der Waals surface area contributed by atoms with Gasteiger partial charge in [-0.05, 0) is 19.1 Å². The van der Waals surface area contributed by atoms with Crippen molar-refractivity contribution >= 4 is 0 Å². The number of hydrogen-bond donors (Lipinski definition) is 1. The molecule has 1 heterocycles. The maximum absolute atomic E-state index is 5.73. The maximum atomic E-state index is 5.73.